The van der Waals surface area contributed by atoms with Crippen molar-refractivity contribution in [3.63, 3.8) is 0 Å². The molecular formula is C20H27N5O6S. The van der Waals surface area contributed by atoms with Gasteiger partial charge in [0, 0.05) is 40.3 Å². The number of ketones is 1. The van der Waals surface area contributed by atoms with Gasteiger partial charge >= 0.3 is 5.69 Å². The molecule has 12 heteroatoms. The van der Waals surface area contributed by atoms with E-state index < -0.39 is 27.1 Å². The topological polar surface area (TPSA) is 137 Å². The molecule has 0 unspecified atom stereocenters. The maximum Gasteiger partial charge on any atom is 0.332 e. The molecule has 0 radical (unpaired) electrons. The highest BCUT2D eigenvalue weighted by Gasteiger charge is 2.30. The van der Waals surface area contributed by atoms with E-state index in [1.807, 2.05) is 6.92 Å². The molecular weight excluding hydrogens is 438 g/mol. The van der Waals surface area contributed by atoms with Crippen LogP contribution in [0.4, 0.5) is 5.82 Å². The summed E-state index contributed by atoms with van der Waals surface area (Å²) >= 11 is 0. The molecule has 1 aliphatic heterocycles. The Morgan fingerprint density at radius 2 is 1.62 bits per heavy atom. The van der Waals surface area contributed by atoms with E-state index in [0.717, 1.165) is 9.13 Å². The highest BCUT2D eigenvalue weighted by Crippen LogP contribution is 2.21. The van der Waals surface area contributed by atoms with Gasteiger partial charge in [-0.15, -0.1) is 0 Å². The fourth-order valence-electron chi connectivity index (χ4n) is 3.56. The number of anilines is 1. The highest BCUT2D eigenvalue weighted by molar-refractivity contribution is 7.89. The predicted octanol–water partition coefficient (Wildman–Crippen LogP) is -0.746. The second kappa shape index (κ2) is 9.27. The van der Waals surface area contributed by atoms with Crippen LogP contribution in [0.15, 0.2) is 38.8 Å². The lowest BCUT2D eigenvalue weighted by Gasteiger charge is -2.33. The first-order valence-corrected chi connectivity index (χ1v) is 11.6. The molecule has 32 heavy (non-hydrogen) atoms. The summed E-state index contributed by atoms with van der Waals surface area (Å²) in [5.41, 5.74) is 4.25. The second-order valence-electron chi connectivity index (χ2n) is 7.47. The molecule has 2 N–H and O–H groups in total. The van der Waals surface area contributed by atoms with Gasteiger partial charge in [0.25, 0.3) is 5.56 Å². The van der Waals surface area contributed by atoms with Crippen molar-refractivity contribution in [2.75, 3.05) is 45.1 Å². The lowest BCUT2D eigenvalue weighted by atomic mass is 10.1. The van der Waals surface area contributed by atoms with E-state index in [0.29, 0.717) is 25.4 Å². The Kier molecular flexibility index (Phi) is 6.86. The number of nitrogen functional groups attached to an aromatic ring is 1. The van der Waals surface area contributed by atoms with Crippen molar-refractivity contribution >= 4 is 21.6 Å². The first-order chi connectivity index (χ1) is 15.1. The molecule has 1 fully saturated rings. The SMILES string of the molecule is CCOc1ccc(S(=O)(=O)N2CCN(CC(=O)c3c(N)n(C)c(=O)n(C)c3=O)CC2)cc1. The number of piperazine rings is 1. The van der Waals surface area contributed by atoms with Crippen molar-refractivity contribution in [1.29, 1.82) is 0 Å². The van der Waals surface area contributed by atoms with Crippen LogP contribution in [0, 0.1) is 0 Å². The maximum atomic E-state index is 12.9. The first-order valence-electron chi connectivity index (χ1n) is 10.1. The molecule has 0 bridgehead atoms. The van der Waals surface area contributed by atoms with Crippen molar-refractivity contribution in [1.82, 2.24) is 18.3 Å². The molecule has 0 aliphatic carbocycles. The summed E-state index contributed by atoms with van der Waals surface area (Å²) in [6.07, 6.45) is 0. The summed E-state index contributed by atoms with van der Waals surface area (Å²) in [5, 5.41) is 0. The van der Waals surface area contributed by atoms with Gasteiger partial charge in [0.15, 0.2) is 5.78 Å². The summed E-state index contributed by atoms with van der Waals surface area (Å²) in [4.78, 5) is 39.0. The summed E-state index contributed by atoms with van der Waals surface area (Å²) in [6, 6.07) is 6.25. The quantitative estimate of drug-likeness (QED) is 0.528. The normalized spacial score (nSPS) is 15.6. The zero-order chi connectivity index (χ0) is 23.6. The number of hydrogen-bond donors (Lipinski definition) is 1. The van der Waals surface area contributed by atoms with Crippen molar-refractivity contribution in [3.05, 3.63) is 50.7 Å². The molecule has 0 spiro atoms. The number of carbonyl (C=O) groups is 1. The van der Waals surface area contributed by atoms with Gasteiger partial charge in [-0.25, -0.2) is 13.2 Å². The third-order valence-corrected chi connectivity index (χ3v) is 7.37. The third kappa shape index (κ3) is 4.47. The van der Waals surface area contributed by atoms with Gasteiger partial charge in [0.05, 0.1) is 18.0 Å². The fourth-order valence-corrected chi connectivity index (χ4v) is 4.98. The van der Waals surface area contributed by atoms with Gasteiger partial charge in [-0.1, -0.05) is 0 Å². The predicted molar refractivity (Wildman–Crippen MR) is 118 cm³/mol. The van der Waals surface area contributed by atoms with Crippen LogP contribution < -0.4 is 21.7 Å². The third-order valence-electron chi connectivity index (χ3n) is 5.46. The Labute approximate surface area is 185 Å². The van der Waals surface area contributed by atoms with Crippen LogP contribution in [0.1, 0.15) is 17.3 Å². The minimum atomic E-state index is -3.67. The molecule has 1 aromatic carbocycles. The van der Waals surface area contributed by atoms with Gasteiger partial charge in [-0.2, -0.15) is 4.31 Å². The molecule has 174 valence electrons. The monoisotopic (exact) mass is 465 g/mol. The molecule has 1 saturated heterocycles. The number of sulfonamides is 1. The Bertz CT molecular complexity index is 1220. The largest absolute Gasteiger partial charge is 0.494 e. The summed E-state index contributed by atoms with van der Waals surface area (Å²) in [5.74, 6) is -0.0973. The van der Waals surface area contributed by atoms with Gasteiger partial charge < -0.3 is 10.5 Å². The maximum absolute atomic E-state index is 12.9. The van der Waals surface area contributed by atoms with Crippen LogP contribution in [-0.2, 0) is 24.1 Å². The fraction of sp³-hybridized carbons (Fsp3) is 0.450. The molecule has 1 aromatic heterocycles. The molecule has 3 rings (SSSR count). The summed E-state index contributed by atoms with van der Waals surface area (Å²) in [7, 11) is -1.00. The summed E-state index contributed by atoms with van der Waals surface area (Å²) < 4.78 is 34.4. The lowest BCUT2D eigenvalue weighted by Crippen LogP contribution is -2.50. The minimum absolute atomic E-state index is 0.103. The number of aromatic nitrogens is 2. The van der Waals surface area contributed by atoms with Crippen LogP contribution in [0.5, 0.6) is 5.75 Å². The number of rotatable bonds is 7. The molecule has 2 aromatic rings. The van der Waals surface area contributed by atoms with E-state index in [1.165, 1.54) is 30.5 Å². The van der Waals surface area contributed by atoms with Crippen LogP contribution in [0.25, 0.3) is 0 Å². The van der Waals surface area contributed by atoms with E-state index in [-0.39, 0.29) is 35.9 Å². The highest BCUT2D eigenvalue weighted by atomic mass is 32.2. The average molecular weight is 466 g/mol. The van der Waals surface area contributed by atoms with Crippen molar-refractivity contribution in [2.24, 2.45) is 14.1 Å². The van der Waals surface area contributed by atoms with Gasteiger partial charge in [0.2, 0.25) is 10.0 Å². The number of ether oxygens (including phenoxy) is 1. The number of Topliss-reactive ketones (excluding diaryl/α,β-unsaturated/α-hetero) is 1. The Morgan fingerprint density at radius 1 is 1.03 bits per heavy atom. The molecule has 0 atom stereocenters. The Hall–Kier alpha value is -2.96. The van der Waals surface area contributed by atoms with Gasteiger partial charge in [-0.3, -0.25) is 23.6 Å². The molecule has 1 aliphatic rings. The van der Waals surface area contributed by atoms with Crippen molar-refractivity contribution in [3.8, 4) is 5.75 Å². The number of nitrogens with zero attached hydrogens (tertiary/aromatic N) is 4. The molecule has 0 saturated carbocycles. The molecule has 0 amide bonds. The van der Waals surface area contributed by atoms with E-state index in [1.54, 1.807) is 17.0 Å². The number of nitrogens with two attached hydrogens (primary N) is 1. The van der Waals surface area contributed by atoms with E-state index in [2.05, 4.69) is 0 Å². The number of benzene rings is 1. The second-order valence-corrected chi connectivity index (χ2v) is 9.41. The van der Waals surface area contributed by atoms with Crippen molar-refractivity contribution < 1.29 is 17.9 Å². The number of carbonyl (C=O) groups excluding carboxylic acids is 1. The smallest absolute Gasteiger partial charge is 0.332 e. The zero-order valence-corrected chi connectivity index (χ0v) is 19.1. The summed E-state index contributed by atoms with van der Waals surface area (Å²) in [6.45, 7) is 3.26. The van der Waals surface area contributed by atoms with Crippen LogP contribution in [0.2, 0.25) is 0 Å². The van der Waals surface area contributed by atoms with Crippen molar-refractivity contribution in [2.45, 2.75) is 11.8 Å². The Balaban J connectivity index is 1.68. The van der Waals surface area contributed by atoms with Crippen LogP contribution in [-0.4, -0.2) is 71.9 Å². The lowest BCUT2D eigenvalue weighted by molar-refractivity contribution is 0.0899. The van der Waals surface area contributed by atoms with E-state index in [9.17, 15) is 22.8 Å². The van der Waals surface area contributed by atoms with Crippen LogP contribution >= 0.6 is 0 Å². The molecule has 11 nitrogen and oxygen atoms in total. The van der Waals surface area contributed by atoms with Gasteiger partial charge in [-0.05, 0) is 31.2 Å². The average Bonchev–Trinajstić information content (AvgIpc) is 2.77. The van der Waals surface area contributed by atoms with Gasteiger partial charge in [0.1, 0.15) is 17.1 Å². The van der Waals surface area contributed by atoms with E-state index >= 15 is 0 Å². The van der Waals surface area contributed by atoms with Crippen LogP contribution in [0.3, 0.4) is 0 Å². The Morgan fingerprint density at radius 3 is 2.19 bits per heavy atom. The number of hydrogen-bond acceptors (Lipinski definition) is 8. The molecule has 2 heterocycles. The first kappa shape index (κ1) is 23.7. The van der Waals surface area contributed by atoms with E-state index in [4.69, 9.17) is 10.5 Å². The standard InChI is InChI=1S/C20H27N5O6S/c1-4-31-14-5-7-15(8-6-14)32(29,30)25-11-9-24(10-12-25)13-16(26)17-18(21)22(2)20(28)23(3)19(17)27/h5-8H,4,9-13,21H2,1-3H3. The minimum Gasteiger partial charge on any atom is -0.494 e. The zero-order valence-electron chi connectivity index (χ0n) is 18.3.